The molecule has 1 aliphatic heterocycles. The SMILES string of the molecule is O=C(O)c1cc(S(=O)(=O)N2CCCCCC2CO)c(Br)o1. The minimum atomic E-state index is -3.92. The maximum absolute atomic E-state index is 12.7. The topological polar surface area (TPSA) is 108 Å². The van der Waals surface area contributed by atoms with E-state index in [1.807, 2.05) is 0 Å². The molecule has 0 radical (unpaired) electrons. The van der Waals surface area contributed by atoms with E-state index in [2.05, 4.69) is 15.9 Å². The molecule has 1 unspecified atom stereocenters. The summed E-state index contributed by atoms with van der Waals surface area (Å²) in [5.41, 5.74) is 0. The number of aliphatic hydroxyl groups is 1. The van der Waals surface area contributed by atoms with E-state index in [0.717, 1.165) is 18.9 Å². The number of carboxylic acid groups (broad SMARTS) is 1. The second-order valence-electron chi connectivity index (χ2n) is 4.86. The fourth-order valence-corrected chi connectivity index (χ4v) is 5.00. The Hall–Kier alpha value is -0.900. The van der Waals surface area contributed by atoms with Crippen LogP contribution in [-0.4, -0.2) is 48.1 Å². The number of sulfonamides is 1. The average Bonchev–Trinajstić information content (AvgIpc) is 2.68. The van der Waals surface area contributed by atoms with E-state index in [1.54, 1.807) is 0 Å². The van der Waals surface area contributed by atoms with Gasteiger partial charge < -0.3 is 14.6 Å². The van der Waals surface area contributed by atoms with Gasteiger partial charge in [0.05, 0.1) is 6.61 Å². The number of hydrogen-bond donors (Lipinski definition) is 2. The summed E-state index contributed by atoms with van der Waals surface area (Å²) >= 11 is 2.95. The van der Waals surface area contributed by atoms with Crippen LogP contribution in [-0.2, 0) is 10.0 Å². The Morgan fingerprint density at radius 2 is 2.14 bits per heavy atom. The van der Waals surface area contributed by atoms with Gasteiger partial charge in [-0.1, -0.05) is 12.8 Å². The fraction of sp³-hybridized carbons (Fsp3) is 0.583. The quantitative estimate of drug-likeness (QED) is 0.820. The summed E-state index contributed by atoms with van der Waals surface area (Å²) in [5.74, 6) is -1.79. The Bertz CT molecular complexity index is 626. The molecule has 118 valence electrons. The maximum atomic E-state index is 12.7. The largest absolute Gasteiger partial charge is 0.475 e. The van der Waals surface area contributed by atoms with Gasteiger partial charge in [-0.3, -0.25) is 0 Å². The molecule has 1 aliphatic rings. The van der Waals surface area contributed by atoms with Crippen molar-refractivity contribution in [2.45, 2.75) is 36.6 Å². The molecule has 0 amide bonds. The number of rotatable bonds is 4. The van der Waals surface area contributed by atoms with Crippen LogP contribution in [0.5, 0.6) is 0 Å². The van der Waals surface area contributed by atoms with Gasteiger partial charge in [0.2, 0.25) is 15.8 Å². The van der Waals surface area contributed by atoms with Crippen LogP contribution in [0.3, 0.4) is 0 Å². The van der Waals surface area contributed by atoms with Crippen LogP contribution in [0.1, 0.15) is 36.2 Å². The van der Waals surface area contributed by atoms with Crippen molar-refractivity contribution in [3.63, 3.8) is 0 Å². The predicted octanol–water partition coefficient (Wildman–Crippen LogP) is 1.67. The van der Waals surface area contributed by atoms with Gasteiger partial charge in [0, 0.05) is 18.7 Å². The van der Waals surface area contributed by atoms with Crippen LogP contribution in [0.25, 0.3) is 0 Å². The van der Waals surface area contributed by atoms with Crippen molar-refractivity contribution in [3.05, 3.63) is 16.5 Å². The highest BCUT2D eigenvalue weighted by Crippen LogP contribution is 2.31. The van der Waals surface area contributed by atoms with Crippen LogP contribution in [0.2, 0.25) is 0 Å². The first-order valence-electron chi connectivity index (χ1n) is 6.53. The van der Waals surface area contributed by atoms with Crippen LogP contribution in [0.15, 0.2) is 20.0 Å². The van der Waals surface area contributed by atoms with Crippen LogP contribution in [0, 0.1) is 0 Å². The lowest BCUT2D eigenvalue weighted by Gasteiger charge is -2.27. The molecule has 0 bridgehead atoms. The fourth-order valence-electron chi connectivity index (χ4n) is 2.41. The minimum absolute atomic E-state index is 0.138. The lowest BCUT2D eigenvalue weighted by Crippen LogP contribution is -2.42. The smallest absolute Gasteiger partial charge is 0.371 e. The summed E-state index contributed by atoms with van der Waals surface area (Å²) in [7, 11) is -3.92. The van der Waals surface area contributed by atoms with Gasteiger partial charge in [-0.15, -0.1) is 0 Å². The van der Waals surface area contributed by atoms with Gasteiger partial charge >= 0.3 is 5.97 Å². The standard InChI is InChI=1S/C12H16BrNO6S/c13-11-10(6-9(20-11)12(16)17)21(18,19)14-5-3-1-2-4-8(14)7-15/h6,8,15H,1-5,7H2,(H,16,17). The Kier molecular flexibility index (Phi) is 5.07. The number of nitrogens with zero attached hydrogens (tertiary/aromatic N) is 1. The van der Waals surface area contributed by atoms with Gasteiger partial charge in [-0.2, -0.15) is 4.31 Å². The monoisotopic (exact) mass is 381 g/mol. The van der Waals surface area contributed by atoms with Crippen LogP contribution >= 0.6 is 15.9 Å². The molecule has 1 fully saturated rings. The van der Waals surface area contributed by atoms with E-state index in [4.69, 9.17) is 9.52 Å². The lowest BCUT2D eigenvalue weighted by molar-refractivity contribution is 0.0661. The predicted molar refractivity (Wildman–Crippen MR) is 76.6 cm³/mol. The van der Waals surface area contributed by atoms with Crippen molar-refractivity contribution < 1.29 is 27.8 Å². The molecular weight excluding hydrogens is 366 g/mol. The molecule has 2 N–H and O–H groups in total. The molecule has 0 spiro atoms. The third-order valence-corrected chi connectivity index (χ3v) is 6.30. The van der Waals surface area contributed by atoms with Crippen molar-refractivity contribution in [1.29, 1.82) is 0 Å². The molecule has 21 heavy (non-hydrogen) atoms. The minimum Gasteiger partial charge on any atom is -0.475 e. The molecule has 0 saturated carbocycles. The molecule has 2 rings (SSSR count). The zero-order valence-electron chi connectivity index (χ0n) is 11.2. The molecule has 2 heterocycles. The van der Waals surface area contributed by atoms with Gasteiger partial charge in [0.1, 0.15) is 4.90 Å². The van der Waals surface area contributed by atoms with Gasteiger partial charge in [-0.25, -0.2) is 13.2 Å². The number of hydrogen-bond acceptors (Lipinski definition) is 5. The first-order valence-corrected chi connectivity index (χ1v) is 8.76. The first kappa shape index (κ1) is 16.5. The van der Waals surface area contributed by atoms with E-state index in [-0.39, 0.29) is 16.2 Å². The highest BCUT2D eigenvalue weighted by molar-refractivity contribution is 9.10. The molecule has 9 heteroatoms. The molecular formula is C12H16BrNO6S. The lowest BCUT2D eigenvalue weighted by atomic mass is 10.1. The maximum Gasteiger partial charge on any atom is 0.371 e. The molecule has 0 aromatic carbocycles. The Balaban J connectivity index is 2.42. The van der Waals surface area contributed by atoms with Crippen molar-refractivity contribution in [2.75, 3.05) is 13.2 Å². The Morgan fingerprint density at radius 3 is 2.71 bits per heavy atom. The van der Waals surface area contributed by atoms with E-state index in [9.17, 15) is 18.3 Å². The zero-order valence-corrected chi connectivity index (χ0v) is 13.6. The number of aliphatic hydroxyl groups excluding tert-OH is 1. The van der Waals surface area contributed by atoms with Crippen LogP contribution < -0.4 is 0 Å². The van der Waals surface area contributed by atoms with Crippen LogP contribution in [0.4, 0.5) is 0 Å². The van der Waals surface area contributed by atoms with Crippen molar-refractivity contribution in [2.24, 2.45) is 0 Å². The third kappa shape index (κ3) is 3.31. The summed E-state index contributed by atoms with van der Waals surface area (Å²) in [6.45, 7) is 0.0358. The van der Waals surface area contributed by atoms with Gasteiger partial charge in [0.15, 0.2) is 4.67 Å². The van der Waals surface area contributed by atoms with Gasteiger partial charge in [0.25, 0.3) is 0 Å². The second-order valence-corrected chi connectivity index (χ2v) is 7.43. The molecule has 1 atom stereocenters. The van der Waals surface area contributed by atoms with Crippen molar-refractivity contribution in [3.8, 4) is 0 Å². The molecule has 1 aromatic heterocycles. The molecule has 7 nitrogen and oxygen atoms in total. The Labute approximate surface area is 130 Å². The number of aromatic carboxylic acids is 1. The summed E-state index contributed by atoms with van der Waals surface area (Å²) in [4.78, 5) is 10.7. The first-order chi connectivity index (χ1) is 9.87. The summed E-state index contributed by atoms with van der Waals surface area (Å²) < 4.78 is 31.4. The third-order valence-electron chi connectivity index (χ3n) is 3.49. The highest BCUT2D eigenvalue weighted by atomic mass is 79.9. The molecule has 0 aliphatic carbocycles. The molecule has 1 aromatic rings. The van der Waals surface area contributed by atoms with E-state index < -0.39 is 27.8 Å². The normalized spacial score (nSPS) is 21.1. The van der Waals surface area contributed by atoms with Gasteiger partial charge in [-0.05, 0) is 28.8 Å². The highest BCUT2D eigenvalue weighted by Gasteiger charge is 2.35. The van der Waals surface area contributed by atoms with E-state index in [0.29, 0.717) is 19.4 Å². The zero-order chi connectivity index (χ0) is 15.6. The van der Waals surface area contributed by atoms with Crippen molar-refractivity contribution in [1.82, 2.24) is 4.31 Å². The average molecular weight is 382 g/mol. The van der Waals surface area contributed by atoms with E-state index >= 15 is 0 Å². The van der Waals surface area contributed by atoms with Crippen molar-refractivity contribution >= 4 is 31.9 Å². The number of halogens is 1. The summed E-state index contributed by atoms with van der Waals surface area (Å²) in [6, 6.07) is 0.494. The summed E-state index contributed by atoms with van der Waals surface area (Å²) in [5, 5.41) is 18.3. The number of carboxylic acids is 1. The second kappa shape index (κ2) is 6.47. The summed E-state index contributed by atoms with van der Waals surface area (Å²) in [6.07, 6.45) is 3.04. The molecule has 1 saturated heterocycles. The van der Waals surface area contributed by atoms with E-state index in [1.165, 1.54) is 4.31 Å². The number of carbonyl (C=O) groups is 1. The number of furan rings is 1. The Morgan fingerprint density at radius 1 is 1.43 bits per heavy atom.